The van der Waals surface area contributed by atoms with Gasteiger partial charge in [0.2, 0.25) is 0 Å². The number of ether oxygens (including phenoxy) is 1. The maximum absolute atomic E-state index is 12.0. The summed E-state index contributed by atoms with van der Waals surface area (Å²) >= 11 is 0. The highest BCUT2D eigenvalue weighted by Gasteiger charge is 2.32. The fraction of sp³-hybridized carbons (Fsp3) is 0.917. The minimum absolute atomic E-state index is 0.00130. The van der Waals surface area contributed by atoms with E-state index in [2.05, 4.69) is 0 Å². The summed E-state index contributed by atoms with van der Waals surface area (Å²) < 4.78 is 5.35. The van der Waals surface area contributed by atoms with Crippen LogP contribution in [0.3, 0.4) is 0 Å². The summed E-state index contributed by atoms with van der Waals surface area (Å²) in [6.07, 6.45) is 1.79. The quantitative estimate of drug-likeness (QED) is 0.762. The third-order valence-electron chi connectivity index (χ3n) is 2.85. The molecule has 1 heterocycles. The van der Waals surface area contributed by atoms with Crippen LogP contribution >= 0.6 is 0 Å². The normalized spacial score (nSPS) is 25.8. The molecule has 1 saturated heterocycles. The van der Waals surface area contributed by atoms with Crippen LogP contribution in [0.2, 0.25) is 0 Å². The zero-order chi connectivity index (χ0) is 13.1. The first-order valence-electron chi connectivity index (χ1n) is 6.19. The Morgan fingerprint density at radius 1 is 1.53 bits per heavy atom. The third-order valence-corrected chi connectivity index (χ3v) is 2.85. The predicted octanol–water partition coefficient (Wildman–Crippen LogP) is 1.10. The Kier molecular flexibility index (Phi) is 4.77. The number of aliphatic hydroxyl groups is 1. The molecular weight excluding hydrogens is 220 g/mol. The number of rotatable bonds is 2. The van der Waals surface area contributed by atoms with E-state index in [1.165, 1.54) is 0 Å². The van der Waals surface area contributed by atoms with Crippen molar-refractivity contribution in [2.45, 2.75) is 57.7 Å². The minimum atomic E-state index is -0.486. The van der Waals surface area contributed by atoms with E-state index in [0.29, 0.717) is 13.0 Å². The highest BCUT2D eigenvalue weighted by atomic mass is 16.6. The molecule has 0 bridgehead atoms. The lowest BCUT2D eigenvalue weighted by molar-refractivity contribution is 0.00541. The third kappa shape index (κ3) is 4.52. The molecule has 0 aromatic carbocycles. The number of carbonyl (C=O) groups excluding carboxylic acids is 1. The van der Waals surface area contributed by atoms with Crippen LogP contribution in [0.5, 0.6) is 0 Å². The van der Waals surface area contributed by atoms with Crippen molar-refractivity contribution >= 4 is 6.09 Å². The van der Waals surface area contributed by atoms with Crippen molar-refractivity contribution in [1.82, 2.24) is 4.90 Å². The molecule has 0 unspecified atom stereocenters. The van der Waals surface area contributed by atoms with E-state index in [-0.39, 0.29) is 24.8 Å². The minimum Gasteiger partial charge on any atom is -0.444 e. The van der Waals surface area contributed by atoms with E-state index in [0.717, 1.165) is 12.8 Å². The summed E-state index contributed by atoms with van der Waals surface area (Å²) in [6.45, 7) is 6.22. The van der Waals surface area contributed by atoms with E-state index in [1.807, 2.05) is 20.8 Å². The van der Waals surface area contributed by atoms with Gasteiger partial charge in [0.1, 0.15) is 5.60 Å². The Bertz CT molecular complexity index is 263. The molecule has 1 amide bonds. The van der Waals surface area contributed by atoms with Crippen LogP contribution < -0.4 is 5.73 Å². The molecule has 17 heavy (non-hydrogen) atoms. The molecule has 5 heteroatoms. The van der Waals surface area contributed by atoms with Crippen molar-refractivity contribution in [2.75, 3.05) is 13.2 Å². The molecule has 0 radical (unpaired) electrons. The van der Waals surface area contributed by atoms with Crippen LogP contribution in [-0.4, -0.2) is 46.9 Å². The molecule has 1 rings (SSSR count). The maximum Gasteiger partial charge on any atom is 0.410 e. The van der Waals surface area contributed by atoms with Gasteiger partial charge >= 0.3 is 6.09 Å². The molecule has 100 valence electrons. The molecule has 1 aliphatic heterocycles. The van der Waals surface area contributed by atoms with Gasteiger partial charge < -0.3 is 20.5 Å². The predicted molar refractivity (Wildman–Crippen MR) is 65.6 cm³/mol. The highest BCUT2D eigenvalue weighted by molar-refractivity contribution is 5.68. The number of nitrogens with two attached hydrogens (primary N) is 1. The second kappa shape index (κ2) is 5.69. The maximum atomic E-state index is 12.0. The Hall–Kier alpha value is -0.810. The number of carbonyl (C=O) groups is 1. The molecule has 0 aromatic heterocycles. The highest BCUT2D eigenvalue weighted by Crippen LogP contribution is 2.21. The number of piperidine rings is 1. The van der Waals surface area contributed by atoms with E-state index in [1.54, 1.807) is 4.90 Å². The Morgan fingerprint density at radius 2 is 2.18 bits per heavy atom. The van der Waals surface area contributed by atoms with E-state index < -0.39 is 5.60 Å². The summed E-state index contributed by atoms with van der Waals surface area (Å²) in [5.74, 6) is 0. The first kappa shape index (κ1) is 14.3. The Balaban J connectivity index is 2.62. The standard InChI is InChI=1S/C12H24N2O3/c1-12(2,3)17-11(16)14-6-4-9(13)8-10(14)5-7-15/h9-10,15H,4-8,13H2,1-3H3/t9-,10+/m0/s1. The van der Waals surface area contributed by atoms with Crippen molar-refractivity contribution in [3.63, 3.8) is 0 Å². The van der Waals surface area contributed by atoms with Crippen molar-refractivity contribution in [3.05, 3.63) is 0 Å². The number of likely N-dealkylation sites (tertiary alicyclic amines) is 1. The molecule has 1 fully saturated rings. The van der Waals surface area contributed by atoms with Gasteiger partial charge in [-0.1, -0.05) is 0 Å². The van der Waals surface area contributed by atoms with Crippen molar-refractivity contribution < 1.29 is 14.6 Å². The number of hydrogen-bond acceptors (Lipinski definition) is 4. The molecule has 2 atom stereocenters. The topological polar surface area (TPSA) is 75.8 Å². The Labute approximate surface area is 103 Å². The van der Waals surface area contributed by atoms with E-state index in [9.17, 15) is 4.79 Å². The average Bonchev–Trinajstić information content (AvgIpc) is 2.15. The fourth-order valence-electron chi connectivity index (χ4n) is 2.07. The Morgan fingerprint density at radius 3 is 2.71 bits per heavy atom. The summed E-state index contributed by atoms with van der Waals surface area (Å²) in [5, 5.41) is 9.02. The first-order chi connectivity index (χ1) is 7.83. The van der Waals surface area contributed by atoms with Crippen molar-refractivity contribution in [3.8, 4) is 0 Å². The second-order valence-electron chi connectivity index (χ2n) is 5.62. The SMILES string of the molecule is CC(C)(C)OC(=O)N1CC[C@H](N)C[C@H]1CCO. The molecule has 3 N–H and O–H groups in total. The summed E-state index contributed by atoms with van der Waals surface area (Å²) in [7, 11) is 0. The number of amides is 1. The van der Waals surface area contributed by atoms with Crippen LogP contribution in [0.1, 0.15) is 40.0 Å². The largest absolute Gasteiger partial charge is 0.444 e. The van der Waals surface area contributed by atoms with Gasteiger partial charge in [-0.25, -0.2) is 4.79 Å². The smallest absolute Gasteiger partial charge is 0.410 e. The van der Waals surface area contributed by atoms with Gasteiger partial charge in [0.05, 0.1) is 0 Å². The van der Waals surface area contributed by atoms with Gasteiger partial charge in [-0.15, -0.1) is 0 Å². The molecule has 0 spiro atoms. The number of nitrogens with zero attached hydrogens (tertiary/aromatic N) is 1. The first-order valence-corrected chi connectivity index (χ1v) is 6.19. The fourth-order valence-corrected chi connectivity index (χ4v) is 2.07. The van der Waals surface area contributed by atoms with Gasteiger partial charge in [-0.2, -0.15) is 0 Å². The van der Waals surface area contributed by atoms with Crippen molar-refractivity contribution in [2.24, 2.45) is 5.73 Å². The zero-order valence-corrected chi connectivity index (χ0v) is 11.0. The van der Waals surface area contributed by atoms with Crippen LogP contribution in [0.25, 0.3) is 0 Å². The molecule has 5 nitrogen and oxygen atoms in total. The number of hydrogen-bond donors (Lipinski definition) is 2. The zero-order valence-electron chi connectivity index (χ0n) is 11.0. The molecular formula is C12H24N2O3. The lowest BCUT2D eigenvalue weighted by atomic mass is 9.96. The van der Waals surface area contributed by atoms with Gasteiger partial charge in [0, 0.05) is 25.2 Å². The number of aliphatic hydroxyl groups excluding tert-OH is 1. The van der Waals surface area contributed by atoms with Gasteiger partial charge in [0.15, 0.2) is 0 Å². The molecule has 1 aliphatic rings. The van der Waals surface area contributed by atoms with Crippen LogP contribution in [0.15, 0.2) is 0 Å². The van der Waals surface area contributed by atoms with Gasteiger partial charge in [0.25, 0.3) is 0 Å². The molecule has 0 aromatic rings. The van der Waals surface area contributed by atoms with Crippen LogP contribution in [0, 0.1) is 0 Å². The average molecular weight is 244 g/mol. The summed E-state index contributed by atoms with van der Waals surface area (Å²) in [6, 6.07) is 0.115. The summed E-state index contributed by atoms with van der Waals surface area (Å²) in [4.78, 5) is 13.7. The van der Waals surface area contributed by atoms with E-state index in [4.69, 9.17) is 15.6 Å². The monoisotopic (exact) mass is 244 g/mol. The molecule has 0 saturated carbocycles. The summed E-state index contributed by atoms with van der Waals surface area (Å²) in [5.41, 5.74) is 5.40. The van der Waals surface area contributed by atoms with Gasteiger partial charge in [-0.05, 0) is 40.0 Å². The van der Waals surface area contributed by atoms with Crippen molar-refractivity contribution in [1.29, 1.82) is 0 Å². The van der Waals surface area contributed by atoms with Crippen LogP contribution in [-0.2, 0) is 4.74 Å². The van der Waals surface area contributed by atoms with Crippen LogP contribution in [0.4, 0.5) is 4.79 Å². The lowest BCUT2D eigenvalue weighted by Gasteiger charge is -2.38. The second-order valence-corrected chi connectivity index (χ2v) is 5.62. The van der Waals surface area contributed by atoms with Gasteiger partial charge in [-0.3, -0.25) is 0 Å². The molecule has 0 aliphatic carbocycles. The lowest BCUT2D eigenvalue weighted by Crippen LogP contribution is -2.51. The van der Waals surface area contributed by atoms with E-state index >= 15 is 0 Å².